The van der Waals surface area contributed by atoms with Crippen LogP contribution in [0.5, 0.6) is 5.75 Å². The molecule has 0 spiro atoms. The molecule has 4 aromatic rings. The van der Waals surface area contributed by atoms with Gasteiger partial charge in [0.15, 0.2) is 11.2 Å². The molecule has 0 amide bonds. The van der Waals surface area contributed by atoms with Crippen molar-refractivity contribution < 1.29 is 13.5 Å². The Morgan fingerprint density at radius 2 is 1.96 bits per heavy atom. The molecule has 0 fully saturated rings. The van der Waals surface area contributed by atoms with E-state index in [4.69, 9.17) is 4.74 Å². The van der Waals surface area contributed by atoms with Crippen LogP contribution in [-0.4, -0.2) is 44.4 Å². The quantitative estimate of drug-likeness (QED) is 0.553. The van der Waals surface area contributed by atoms with E-state index in [0.717, 1.165) is 4.83 Å². The zero-order valence-electron chi connectivity index (χ0n) is 13.3. The van der Waals surface area contributed by atoms with Crippen molar-refractivity contribution in [3.63, 3.8) is 0 Å². The average molecular weight is 374 g/mol. The van der Waals surface area contributed by atoms with Crippen LogP contribution in [0, 0.1) is 0 Å². The summed E-state index contributed by atoms with van der Waals surface area (Å²) in [6, 6.07) is 4.96. The van der Waals surface area contributed by atoms with E-state index in [1.54, 1.807) is 24.4 Å². The summed E-state index contributed by atoms with van der Waals surface area (Å²) < 4.78 is 30.7. The third-order valence-corrected chi connectivity index (χ3v) is 4.45. The Morgan fingerprint density at radius 1 is 1.08 bits per heavy atom. The molecule has 1 N–H and O–H groups in total. The first-order chi connectivity index (χ1) is 12.8. The van der Waals surface area contributed by atoms with E-state index >= 15 is 0 Å². The second kappa shape index (κ2) is 7.08. The lowest BCUT2D eigenvalue weighted by molar-refractivity contribution is 0.134. The predicted octanol–water partition coefficient (Wildman–Crippen LogP) is 3.46. The Bertz CT molecular complexity index is 1020. The van der Waals surface area contributed by atoms with Crippen molar-refractivity contribution in [1.82, 2.24) is 24.9 Å². The molecular formula is C16H12F2N6OS. The van der Waals surface area contributed by atoms with E-state index in [1.807, 2.05) is 0 Å². The number of rotatable bonds is 6. The molecule has 0 aliphatic heterocycles. The lowest BCUT2D eigenvalue weighted by Crippen LogP contribution is -2.21. The van der Waals surface area contributed by atoms with Gasteiger partial charge < -0.3 is 10.1 Å². The Labute approximate surface area is 150 Å². The summed E-state index contributed by atoms with van der Waals surface area (Å²) in [5.41, 5.74) is 1.34. The lowest BCUT2D eigenvalue weighted by Gasteiger charge is -2.13. The maximum absolute atomic E-state index is 12.7. The number of alkyl halides is 2. The molecule has 1 aromatic carbocycles. The highest BCUT2D eigenvalue weighted by Gasteiger charge is 2.13. The van der Waals surface area contributed by atoms with Crippen LogP contribution in [-0.2, 0) is 0 Å². The number of benzene rings is 1. The van der Waals surface area contributed by atoms with Gasteiger partial charge in [-0.1, -0.05) is 11.3 Å². The van der Waals surface area contributed by atoms with Crippen molar-refractivity contribution in [3.8, 4) is 5.75 Å². The molecule has 0 aliphatic carbocycles. The average Bonchev–Trinajstić information content (AvgIpc) is 3.09. The molecule has 132 valence electrons. The van der Waals surface area contributed by atoms with Gasteiger partial charge in [0.2, 0.25) is 0 Å². The highest BCUT2D eigenvalue weighted by molar-refractivity contribution is 7.21. The Kier molecular flexibility index (Phi) is 4.48. The van der Waals surface area contributed by atoms with E-state index in [2.05, 4.69) is 30.2 Å². The number of hydrogen-bond donors (Lipinski definition) is 1. The molecule has 0 radical (unpaired) electrons. The third-order valence-electron chi connectivity index (χ3n) is 3.55. The van der Waals surface area contributed by atoms with Crippen LogP contribution < -0.4 is 10.1 Å². The number of hydrogen-bond acceptors (Lipinski definition) is 8. The first kappa shape index (κ1) is 16.5. The number of halogens is 2. The van der Waals surface area contributed by atoms with Gasteiger partial charge in [0.1, 0.15) is 47.9 Å². The van der Waals surface area contributed by atoms with E-state index in [1.165, 1.54) is 24.0 Å². The molecule has 0 saturated carbocycles. The summed E-state index contributed by atoms with van der Waals surface area (Å²) in [7, 11) is 0. The minimum atomic E-state index is -1.13. The van der Waals surface area contributed by atoms with Gasteiger partial charge >= 0.3 is 0 Å². The van der Waals surface area contributed by atoms with E-state index in [-0.39, 0.29) is 0 Å². The maximum atomic E-state index is 12.7. The predicted molar refractivity (Wildman–Crippen MR) is 94.4 cm³/mol. The molecular weight excluding hydrogens is 362 g/mol. The minimum absolute atomic E-state index is 0.339. The minimum Gasteiger partial charge on any atom is -0.485 e. The van der Waals surface area contributed by atoms with Gasteiger partial charge in [-0.2, -0.15) is 0 Å². The van der Waals surface area contributed by atoms with Gasteiger partial charge in [-0.15, -0.1) is 0 Å². The molecule has 0 atom stereocenters. The van der Waals surface area contributed by atoms with E-state index in [0.29, 0.717) is 33.1 Å². The van der Waals surface area contributed by atoms with Crippen LogP contribution >= 0.6 is 11.3 Å². The van der Waals surface area contributed by atoms with Crippen molar-refractivity contribution >= 4 is 43.5 Å². The van der Waals surface area contributed by atoms with Gasteiger partial charge in [-0.25, -0.2) is 33.7 Å². The SMILES string of the molecule is FCC(CF)Oc1ccc2ncnc(Nc3nc4cncnc4s3)c2c1. The summed E-state index contributed by atoms with van der Waals surface area (Å²) in [5, 5.41) is 4.37. The summed E-state index contributed by atoms with van der Waals surface area (Å²) in [4.78, 5) is 21.7. The van der Waals surface area contributed by atoms with Crippen LogP contribution in [0.4, 0.5) is 19.7 Å². The van der Waals surface area contributed by atoms with Crippen molar-refractivity contribution in [2.75, 3.05) is 18.7 Å². The monoisotopic (exact) mass is 374 g/mol. The van der Waals surface area contributed by atoms with Crippen molar-refractivity contribution in [2.45, 2.75) is 6.10 Å². The molecule has 3 aromatic heterocycles. The molecule has 26 heavy (non-hydrogen) atoms. The summed E-state index contributed by atoms with van der Waals surface area (Å²) >= 11 is 1.36. The van der Waals surface area contributed by atoms with Gasteiger partial charge in [0.25, 0.3) is 0 Å². The fourth-order valence-corrected chi connectivity index (χ4v) is 3.13. The van der Waals surface area contributed by atoms with Crippen LogP contribution in [0.15, 0.2) is 37.1 Å². The van der Waals surface area contributed by atoms with Crippen LogP contribution in [0.2, 0.25) is 0 Å². The first-order valence-corrected chi connectivity index (χ1v) is 8.45. The summed E-state index contributed by atoms with van der Waals surface area (Å²) in [6.07, 6.45) is 3.38. The fraction of sp³-hybridized carbons (Fsp3) is 0.188. The zero-order valence-corrected chi connectivity index (χ0v) is 14.1. The summed E-state index contributed by atoms with van der Waals surface area (Å²) in [5.74, 6) is 0.843. The van der Waals surface area contributed by atoms with Crippen molar-refractivity contribution in [2.24, 2.45) is 0 Å². The largest absolute Gasteiger partial charge is 0.485 e. The second-order valence-electron chi connectivity index (χ2n) is 5.31. The number of ether oxygens (including phenoxy) is 1. The lowest BCUT2D eigenvalue weighted by atomic mass is 10.2. The molecule has 3 heterocycles. The Hall–Kier alpha value is -3.01. The van der Waals surface area contributed by atoms with Gasteiger partial charge in [-0.3, -0.25) is 0 Å². The zero-order chi connectivity index (χ0) is 17.9. The van der Waals surface area contributed by atoms with E-state index in [9.17, 15) is 8.78 Å². The number of fused-ring (bicyclic) bond motifs is 2. The summed E-state index contributed by atoms with van der Waals surface area (Å²) in [6.45, 7) is -1.81. The second-order valence-corrected chi connectivity index (χ2v) is 6.28. The van der Waals surface area contributed by atoms with Crippen LogP contribution in [0.25, 0.3) is 21.3 Å². The van der Waals surface area contributed by atoms with Crippen LogP contribution in [0.3, 0.4) is 0 Å². The number of anilines is 2. The molecule has 0 aliphatic rings. The molecule has 0 saturated heterocycles. The van der Waals surface area contributed by atoms with Crippen molar-refractivity contribution in [3.05, 3.63) is 37.1 Å². The van der Waals surface area contributed by atoms with Crippen molar-refractivity contribution in [1.29, 1.82) is 0 Å². The molecule has 0 unspecified atom stereocenters. The van der Waals surface area contributed by atoms with Crippen LogP contribution in [0.1, 0.15) is 0 Å². The molecule has 4 rings (SSSR count). The number of nitrogens with one attached hydrogen (secondary N) is 1. The Morgan fingerprint density at radius 3 is 2.77 bits per heavy atom. The number of nitrogens with zero attached hydrogens (tertiary/aromatic N) is 5. The molecule has 0 bridgehead atoms. The smallest absolute Gasteiger partial charge is 0.191 e. The van der Waals surface area contributed by atoms with Gasteiger partial charge in [0, 0.05) is 5.39 Å². The molecule has 7 nitrogen and oxygen atoms in total. The van der Waals surface area contributed by atoms with E-state index < -0.39 is 19.5 Å². The first-order valence-electron chi connectivity index (χ1n) is 7.63. The van der Waals surface area contributed by atoms with Gasteiger partial charge in [0.05, 0.1) is 11.7 Å². The normalized spacial score (nSPS) is 11.3. The standard InChI is InChI=1S/C16H12F2N6OS/c17-4-10(5-18)25-9-1-2-12-11(3-9)14(21-8-20-12)24-16-23-13-6-19-7-22-15(13)26-16/h1-3,6-8,10H,4-5H2,(H,20,21,23,24). The highest BCUT2D eigenvalue weighted by atomic mass is 32.1. The maximum Gasteiger partial charge on any atom is 0.191 e. The topological polar surface area (TPSA) is 85.7 Å². The fourth-order valence-electron chi connectivity index (χ4n) is 2.35. The Balaban J connectivity index is 1.69. The number of aromatic nitrogens is 5. The molecule has 10 heteroatoms. The third kappa shape index (κ3) is 3.23. The van der Waals surface area contributed by atoms with Gasteiger partial charge in [-0.05, 0) is 18.2 Å². The number of thiazole rings is 1. The highest BCUT2D eigenvalue weighted by Crippen LogP contribution is 2.30.